The number of hydrogen-bond acceptors (Lipinski definition) is 3. The molecule has 0 unspecified atom stereocenters. The summed E-state index contributed by atoms with van der Waals surface area (Å²) >= 11 is 0. The lowest BCUT2D eigenvalue weighted by atomic mass is 9.69. The van der Waals surface area contributed by atoms with E-state index in [0.717, 1.165) is 19.3 Å². The first-order chi connectivity index (χ1) is 9.90. The van der Waals surface area contributed by atoms with Gasteiger partial charge < -0.3 is 20.1 Å². The fourth-order valence-corrected chi connectivity index (χ4v) is 3.02. The van der Waals surface area contributed by atoms with Gasteiger partial charge in [0.15, 0.2) is 0 Å². The van der Waals surface area contributed by atoms with Gasteiger partial charge in [0.2, 0.25) is 0 Å². The molecule has 0 saturated heterocycles. The van der Waals surface area contributed by atoms with Crippen molar-refractivity contribution in [2.24, 2.45) is 5.41 Å². The molecular formula is C15H22N2O4. The van der Waals surface area contributed by atoms with E-state index in [-0.39, 0.29) is 17.0 Å². The third-order valence-electron chi connectivity index (χ3n) is 4.37. The van der Waals surface area contributed by atoms with Crippen molar-refractivity contribution in [3.05, 3.63) is 22.5 Å². The summed E-state index contributed by atoms with van der Waals surface area (Å²) in [5.74, 6) is -1.28. The van der Waals surface area contributed by atoms with Crippen LogP contribution in [0.15, 0.2) is 0 Å². The molecule has 1 saturated carbocycles. The number of nitrogens with one attached hydrogen (secondary N) is 2. The molecule has 1 aliphatic carbocycles. The molecule has 1 aromatic rings. The van der Waals surface area contributed by atoms with Gasteiger partial charge in [-0.05, 0) is 32.3 Å². The molecule has 3 N–H and O–H groups in total. The van der Waals surface area contributed by atoms with E-state index in [1.165, 1.54) is 0 Å². The van der Waals surface area contributed by atoms with Crippen LogP contribution in [0.3, 0.4) is 0 Å². The minimum Gasteiger partial charge on any atom is -0.477 e. The van der Waals surface area contributed by atoms with Crippen molar-refractivity contribution >= 4 is 11.9 Å². The zero-order valence-corrected chi connectivity index (χ0v) is 12.7. The summed E-state index contributed by atoms with van der Waals surface area (Å²) in [7, 11) is 1.67. The van der Waals surface area contributed by atoms with E-state index in [2.05, 4.69) is 10.3 Å². The lowest BCUT2D eigenvalue weighted by molar-refractivity contribution is 0.0180. The fraction of sp³-hybridized carbons (Fsp3) is 0.600. The summed E-state index contributed by atoms with van der Waals surface area (Å²) < 4.78 is 5.23. The number of aromatic nitrogens is 1. The molecule has 116 valence electrons. The van der Waals surface area contributed by atoms with Gasteiger partial charge in [0.1, 0.15) is 5.69 Å². The van der Waals surface area contributed by atoms with Crippen molar-refractivity contribution in [2.75, 3.05) is 20.3 Å². The van der Waals surface area contributed by atoms with Gasteiger partial charge in [-0.3, -0.25) is 4.79 Å². The molecule has 1 heterocycles. The highest BCUT2D eigenvalue weighted by Crippen LogP contribution is 2.40. The molecule has 2 rings (SSSR count). The molecule has 0 atom stereocenters. The Kier molecular flexibility index (Phi) is 4.37. The van der Waals surface area contributed by atoms with Crippen molar-refractivity contribution in [3.8, 4) is 0 Å². The fourth-order valence-electron chi connectivity index (χ4n) is 3.02. The molecule has 0 spiro atoms. The van der Waals surface area contributed by atoms with E-state index in [1.807, 2.05) is 0 Å². The second-order valence-electron chi connectivity index (χ2n) is 5.90. The summed E-state index contributed by atoms with van der Waals surface area (Å²) in [6, 6.07) is 0. The van der Waals surface area contributed by atoms with Crippen molar-refractivity contribution in [3.63, 3.8) is 0 Å². The second kappa shape index (κ2) is 5.89. The second-order valence-corrected chi connectivity index (χ2v) is 5.90. The molecular weight excluding hydrogens is 272 g/mol. The van der Waals surface area contributed by atoms with Gasteiger partial charge in [-0.25, -0.2) is 4.79 Å². The number of methoxy groups -OCH3 is 1. The Labute approximate surface area is 123 Å². The molecule has 0 aromatic carbocycles. The number of amides is 1. The van der Waals surface area contributed by atoms with Crippen LogP contribution < -0.4 is 5.32 Å². The van der Waals surface area contributed by atoms with Crippen molar-refractivity contribution in [1.82, 2.24) is 10.3 Å². The largest absolute Gasteiger partial charge is 0.477 e. The first-order valence-electron chi connectivity index (χ1n) is 7.10. The van der Waals surface area contributed by atoms with Crippen LogP contribution >= 0.6 is 0 Å². The third kappa shape index (κ3) is 2.95. The number of carboxylic acids is 1. The van der Waals surface area contributed by atoms with Gasteiger partial charge in [0.25, 0.3) is 5.91 Å². The van der Waals surface area contributed by atoms with Gasteiger partial charge in [0.05, 0.1) is 12.2 Å². The summed E-state index contributed by atoms with van der Waals surface area (Å²) in [5.41, 5.74) is 1.61. The van der Waals surface area contributed by atoms with Crippen LogP contribution in [0.25, 0.3) is 0 Å². The highest BCUT2D eigenvalue weighted by Gasteiger charge is 2.37. The molecule has 1 fully saturated rings. The van der Waals surface area contributed by atoms with Crippen LogP contribution in [0.5, 0.6) is 0 Å². The Morgan fingerprint density at radius 1 is 1.38 bits per heavy atom. The van der Waals surface area contributed by atoms with Gasteiger partial charge in [-0.1, -0.05) is 6.42 Å². The Bertz CT molecular complexity index is 558. The Morgan fingerprint density at radius 2 is 2.05 bits per heavy atom. The predicted octanol–water partition coefficient (Wildman–Crippen LogP) is 1.88. The highest BCUT2D eigenvalue weighted by atomic mass is 16.5. The van der Waals surface area contributed by atoms with Crippen LogP contribution in [0, 0.1) is 19.3 Å². The standard InChI is InChI=1S/C15H22N2O4/c1-9-11(10(2)17-12(9)14(19)20)13(18)16-7-15(8-21-3)5-4-6-15/h17H,4-8H2,1-3H3,(H,16,18)(H,19,20). The summed E-state index contributed by atoms with van der Waals surface area (Å²) in [6.45, 7) is 4.56. The number of carboxylic acid groups (broad SMARTS) is 1. The lowest BCUT2D eigenvalue weighted by Crippen LogP contribution is -2.45. The van der Waals surface area contributed by atoms with Gasteiger partial charge in [-0.15, -0.1) is 0 Å². The van der Waals surface area contributed by atoms with E-state index in [4.69, 9.17) is 9.84 Å². The maximum atomic E-state index is 12.3. The van der Waals surface area contributed by atoms with Crippen LogP contribution in [0.1, 0.15) is 51.4 Å². The van der Waals surface area contributed by atoms with E-state index in [9.17, 15) is 9.59 Å². The highest BCUT2D eigenvalue weighted by molar-refractivity contribution is 6.00. The number of hydrogen-bond donors (Lipinski definition) is 3. The van der Waals surface area contributed by atoms with Crippen LogP contribution in [-0.4, -0.2) is 42.2 Å². The molecule has 21 heavy (non-hydrogen) atoms. The van der Waals surface area contributed by atoms with E-state index in [0.29, 0.717) is 30.0 Å². The summed E-state index contributed by atoms with van der Waals surface area (Å²) in [5, 5.41) is 12.0. The Balaban J connectivity index is 2.09. The van der Waals surface area contributed by atoms with Gasteiger partial charge in [-0.2, -0.15) is 0 Å². The Hall–Kier alpha value is -1.82. The zero-order valence-electron chi connectivity index (χ0n) is 12.7. The number of H-pyrrole nitrogens is 1. The minimum atomic E-state index is -1.05. The quantitative estimate of drug-likeness (QED) is 0.747. The van der Waals surface area contributed by atoms with E-state index < -0.39 is 5.97 Å². The maximum Gasteiger partial charge on any atom is 0.352 e. The molecule has 6 heteroatoms. The first-order valence-corrected chi connectivity index (χ1v) is 7.10. The van der Waals surface area contributed by atoms with E-state index in [1.54, 1.807) is 21.0 Å². The number of ether oxygens (including phenoxy) is 1. The molecule has 0 bridgehead atoms. The smallest absolute Gasteiger partial charge is 0.352 e. The SMILES string of the molecule is COCC1(CNC(=O)c2c(C)[nH]c(C(=O)O)c2C)CCC1. The van der Waals surface area contributed by atoms with Crippen LogP contribution in [0.2, 0.25) is 0 Å². The van der Waals surface area contributed by atoms with Crippen molar-refractivity contribution < 1.29 is 19.4 Å². The van der Waals surface area contributed by atoms with Gasteiger partial charge in [0, 0.05) is 24.8 Å². The van der Waals surface area contributed by atoms with Crippen LogP contribution in [-0.2, 0) is 4.74 Å². The zero-order chi connectivity index (χ0) is 15.6. The number of aromatic amines is 1. The number of carbonyl (C=O) groups is 2. The lowest BCUT2D eigenvalue weighted by Gasteiger charge is -2.41. The average Bonchev–Trinajstić information content (AvgIpc) is 2.68. The van der Waals surface area contributed by atoms with Crippen LogP contribution in [0.4, 0.5) is 0 Å². The first kappa shape index (κ1) is 15.6. The number of carbonyl (C=O) groups excluding carboxylic acids is 1. The molecule has 0 aliphatic heterocycles. The summed E-state index contributed by atoms with van der Waals surface area (Å²) in [4.78, 5) is 26.2. The molecule has 1 aliphatic rings. The number of rotatable bonds is 6. The molecule has 6 nitrogen and oxygen atoms in total. The normalized spacial score (nSPS) is 16.3. The summed E-state index contributed by atoms with van der Waals surface area (Å²) in [6.07, 6.45) is 3.25. The molecule has 1 aromatic heterocycles. The maximum absolute atomic E-state index is 12.3. The monoisotopic (exact) mass is 294 g/mol. The van der Waals surface area contributed by atoms with Crippen molar-refractivity contribution in [2.45, 2.75) is 33.1 Å². The van der Waals surface area contributed by atoms with E-state index >= 15 is 0 Å². The Morgan fingerprint density at radius 3 is 2.48 bits per heavy atom. The van der Waals surface area contributed by atoms with Crippen molar-refractivity contribution in [1.29, 1.82) is 0 Å². The number of aromatic carboxylic acids is 1. The molecule has 0 radical (unpaired) electrons. The minimum absolute atomic E-state index is 0.0398. The number of aryl methyl sites for hydroxylation is 1. The topological polar surface area (TPSA) is 91.4 Å². The van der Waals surface area contributed by atoms with Gasteiger partial charge >= 0.3 is 5.97 Å². The third-order valence-corrected chi connectivity index (χ3v) is 4.37. The predicted molar refractivity (Wildman–Crippen MR) is 77.7 cm³/mol. The average molecular weight is 294 g/mol. The molecule has 1 amide bonds.